The van der Waals surface area contributed by atoms with Crippen molar-refractivity contribution in [2.24, 2.45) is 0 Å². The molecule has 3 aromatic rings. The summed E-state index contributed by atoms with van der Waals surface area (Å²) in [5.74, 6) is 0.909. The molecule has 1 amide bonds. The average molecular weight is 475 g/mol. The van der Waals surface area contributed by atoms with Crippen LogP contribution in [0.2, 0.25) is 0 Å². The number of hydrogen-bond acceptors (Lipinski definition) is 8. The van der Waals surface area contributed by atoms with Crippen molar-refractivity contribution in [3.63, 3.8) is 0 Å². The molecule has 1 heterocycles. The highest BCUT2D eigenvalue weighted by molar-refractivity contribution is 5.98. The van der Waals surface area contributed by atoms with Gasteiger partial charge in [0.2, 0.25) is 5.95 Å². The van der Waals surface area contributed by atoms with Crippen molar-refractivity contribution in [3.05, 3.63) is 71.1 Å². The molecular weight excluding hydrogens is 448 g/mol. The molecule has 1 aliphatic carbocycles. The molecule has 9 heteroatoms. The molecule has 1 aromatic heterocycles. The number of allylic oxidation sites excluding steroid dienone is 3. The van der Waals surface area contributed by atoms with E-state index in [9.17, 15) is 9.59 Å². The van der Waals surface area contributed by atoms with E-state index in [1.54, 1.807) is 45.5 Å². The van der Waals surface area contributed by atoms with Gasteiger partial charge in [0.1, 0.15) is 0 Å². The van der Waals surface area contributed by atoms with Crippen LogP contribution in [0, 0.1) is 0 Å². The lowest BCUT2D eigenvalue weighted by molar-refractivity contribution is 0.0600. The Morgan fingerprint density at radius 3 is 2.29 bits per heavy atom. The third-order valence-corrected chi connectivity index (χ3v) is 5.66. The van der Waals surface area contributed by atoms with Gasteiger partial charge in [-0.05, 0) is 54.8 Å². The van der Waals surface area contributed by atoms with Crippen molar-refractivity contribution in [1.29, 1.82) is 0 Å². The number of rotatable bonds is 7. The number of esters is 1. The molecule has 35 heavy (non-hydrogen) atoms. The van der Waals surface area contributed by atoms with Gasteiger partial charge >= 0.3 is 5.97 Å². The number of hydrogen-bond donors (Lipinski definition) is 2. The topological polar surface area (TPSA) is 112 Å². The van der Waals surface area contributed by atoms with Crippen molar-refractivity contribution < 1.29 is 23.8 Å². The van der Waals surface area contributed by atoms with Gasteiger partial charge in [0.05, 0.1) is 38.1 Å². The van der Waals surface area contributed by atoms with E-state index in [1.165, 1.54) is 7.11 Å². The first kappa shape index (κ1) is 23.7. The third kappa shape index (κ3) is 4.93. The van der Waals surface area contributed by atoms with Gasteiger partial charge in [-0.15, -0.1) is 0 Å². The number of benzene rings is 2. The molecule has 0 spiro atoms. The zero-order valence-corrected chi connectivity index (χ0v) is 20.0. The summed E-state index contributed by atoms with van der Waals surface area (Å²) in [5.41, 5.74) is 3.91. The Hall–Kier alpha value is -4.40. The Morgan fingerprint density at radius 2 is 1.63 bits per heavy atom. The number of carbonyl (C=O) groups is 2. The summed E-state index contributed by atoms with van der Waals surface area (Å²) in [4.78, 5) is 33.7. The van der Waals surface area contributed by atoms with Crippen LogP contribution in [-0.2, 0) is 4.74 Å². The molecule has 2 aromatic carbocycles. The van der Waals surface area contributed by atoms with E-state index in [4.69, 9.17) is 19.2 Å². The summed E-state index contributed by atoms with van der Waals surface area (Å²) in [7, 11) is 6.24. The molecule has 9 nitrogen and oxygen atoms in total. The monoisotopic (exact) mass is 474 g/mol. The number of nitrogens with one attached hydrogen (secondary N) is 2. The van der Waals surface area contributed by atoms with E-state index >= 15 is 0 Å². The van der Waals surface area contributed by atoms with Gasteiger partial charge < -0.3 is 24.8 Å². The molecule has 0 unspecified atom stereocenters. The third-order valence-electron chi connectivity index (χ3n) is 5.66. The lowest BCUT2D eigenvalue weighted by Gasteiger charge is -2.18. The van der Waals surface area contributed by atoms with Crippen LogP contribution in [0.15, 0.2) is 54.2 Å². The molecule has 0 saturated heterocycles. The second-order valence-electron chi connectivity index (χ2n) is 7.76. The first-order chi connectivity index (χ1) is 17.0. The standard InChI is InChI=1S/C26H26N4O5/c1-27-26-29-20-14-22(34-3)21(33-2)13-19(20)23(30-26)17-6-5-7-18(12-17)28-24(31)15-8-10-16(11-9-15)25(32)35-4/h7-14H,5-6H2,1-4H3,(H,28,31)(H,27,29,30). The minimum absolute atomic E-state index is 0.278. The predicted octanol–water partition coefficient (Wildman–Crippen LogP) is 3.97. The van der Waals surface area contributed by atoms with Crippen molar-refractivity contribution in [2.75, 3.05) is 33.7 Å². The maximum atomic E-state index is 12.8. The SMILES string of the molecule is CNc1nc(C2=CC(NC(=O)c3ccc(C(=O)OC)cc3)=CCC2)c2cc(OC)c(OC)cc2n1. The van der Waals surface area contributed by atoms with Crippen LogP contribution >= 0.6 is 0 Å². The number of anilines is 1. The molecule has 4 rings (SSSR count). The predicted molar refractivity (Wildman–Crippen MR) is 133 cm³/mol. The Bertz CT molecular complexity index is 1350. The number of fused-ring (bicyclic) bond motifs is 1. The molecule has 0 aliphatic heterocycles. The van der Waals surface area contributed by atoms with Gasteiger partial charge in [0.15, 0.2) is 11.5 Å². The minimum Gasteiger partial charge on any atom is -0.493 e. The van der Waals surface area contributed by atoms with E-state index in [0.717, 1.165) is 29.5 Å². The molecule has 0 atom stereocenters. The van der Waals surface area contributed by atoms with Gasteiger partial charge in [0, 0.05) is 29.8 Å². The van der Waals surface area contributed by atoms with Crippen molar-refractivity contribution >= 4 is 34.3 Å². The average Bonchev–Trinajstić information content (AvgIpc) is 2.91. The molecular formula is C26H26N4O5. The zero-order valence-electron chi connectivity index (χ0n) is 20.0. The number of amides is 1. The number of nitrogens with zero attached hydrogens (tertiary/aromatic N) is 2. The largest absolute Gasteiger partial charge is 0.493 e. The van der Waals surface area contributed by atoms with Gasteiger partial charge in [-0.2, -0.15) is 0 Å². The number of aromatic nitrogens is 2. The van der Waals surface area contributed by atoms with E-state index in [0.29, 0.717) is 39.8 Å². The molecule has 0 fully saturated rings. The Labute approximate surface area is 202 Å². The maximum Gasteiger partial charge on any atom is 0.337 e. The summed E-state index contributed by atoms with van der Waals surface area (Å²) in [6.07, 6.45) is 5.37. The number of ether oxygens (including phenoxy) is 3. The van der Waals surface area contributed by atoms with Crippen molar-refractivity contribution in [1.82, 2.24) is 15.3 Å². The Balaban J connectivity index is 1.65. The van der Waals surface area contributed by atoms with Gasteiger partial charge in [-0.1, -0.05) is 6.08 Å². The second kappa shape index (κ2) is 10.3. The number of methoxy groups -OCH3 is 3. The molecule has 0 saturated carbocycles. The van der Waals surface area contributed by atoms with E-state index < -0.39 is 5.97 Å². The molecule has 1 aliphatic rings. The quantitative estimate of drug-likeness (QED) is 0.495. The highest BCUT2D eigenvalue weighted by atomic mass is 16.5. The molecule has 2 N–H and O–H groups in total. The lowest BCUT2D eigenvalue weighted by atomic mass is 9.97. The fraction of sp³-hybridized carbons (Fsp3) is 0.231. The molecule has 0 bridgehead atoms. The lowest BCUT2D eigenvalue weighted by Crippen LogP contribution is -2.23. The summed E-state index contributed by atoms with van der Waals surface area (Å²) in [5, 5.41) is 6.77. The van der Waals surface area contributed by atoms with Crippen LogP contribution in [0.5, 0.6) is 11.5 Å². The Morgan fingerprint density at radius 1 is 0.943 bits per heavy atom. The zero-order chi connectivity index (χ0) is 24.9. The van der Waals surface area contributed by atoms with E-state index in [1.807, 2.05) is 24.3 Å². The summed E-state index contributed by atoms with van der Waals surface area (Å²) < 4.78 is 15.6. The normalized spacial score (nSPS) is 12.9. The fourth-order valence-electron chi connectivity index (χ4n) is 3.87. The van der Waals surface area contributed by atoms with E-state index in [-0.39, 0.29) is 5.91 Å². The summed E-state index contributed by atoms with van der Waals surface area (Å²) in [6.45, 7) is 0. The smallest absolute Gasteiger partial charge is 0.337 e. The van der Waals surface area contributed by atoms with Crippen LogP contribution in [0.1, 0.15) is 39.3 Å². The maximum absolute atomic E-state index is 12.8. The highest BCUT2D eigenvalue weighted by Crippen LogP contribution is 2.36. The first-order valence-corrected chi connectivity index (χ1v) is 11.0. The summed E-state index contributed by atoms with van der Waals surface area (Å²) in [6, 6.07) is 9.98. The number of carbonyl (C=O) groups excluding carboxylic acids is 2. The van der Waals surface area contributed by atoms with Crippen molar-refractivity contribution in [2.45, 2.75) is 12.8 Å². The van der Waals surface area contributed by atoms with Crippen LogP contribution < -0.4 is 20.1 Å². The van der Waals surface area contributed by atoms with Crippen LogP contribution in [0.3, 0.4) is 0 Å². The van der Waals surface area contributed by atoms with Crippen LogP contribution in [-0.4, -0.2) is 50.2 Å². The fourth-order valence-corrected chi connectivity index (χ4v) is 3.87. The Kier molecular flexibility index (Phi) is 6.96. The van der Waals surface area contributed by atoms with Gasteiger partial charge in [-0.3, -0.25) is 4.79 Å². The summed E-state index contributed by atoms with van der Waals surface area (Å²) >= 11 is 0. The molecule has 0 radical (unpaired) electrons. The minimum atomic E-state index is -0.452. The van der Waals surface area contributed by atoms with Gasteiger partial charge in [-0.25, -0.2) is 14.8 Å². The van der Waals surface area contributed by atoms with Crippen LogP contribution in [0.25, 0.3) is 16.5 Å². The second-order valence-corrected chi connectivity index (χ2v) is 7.76. The van der Waals surface area contributed by atoms with E-state index in [2.05, 4.69) is 15.6 Å². The molecule has 180 valence electrons. The first-order valence-electron chi connectivity index (χ1n) is 11.0. The van der Waals surface area contributed by atoms with Gasteiger partial charge in [0.25, 0.3) is 5.91 Å². The highest BCUT2D eigenvalue weighted by Gasteiger charge is 2.18. The van der Waals surface area contributed by atoms with Crippen molar-refractivity contribution in [3.8, 4) is 11.5 Å². The van der Waals surface area contributed by atoms with Crippen LogP contribution in [0.4, 0.5) is 5.95 Å².